The van der Waals surface area contributed by atoms with E-state index in [9.17, 15) is 14.0 Å². The zero-order chi connectivity index (χ0) is 20.2. The second kappa shape index (κ2) is 8.26. The molecule has 0 unspecified atom stereocenters. The van der Waals surface area contributed by atoms with E-state index in [1.165, 1.54) is 12.1 Å². The molecule has 0 aliphatic carbocycles. The number of anilines is 2. The Morgan fingerprint density at radius 1 is 1.07 bits per heavy atom. The number of amides is 2. The van der Waals surface area contributed by atoms with Crippen LogP contribution >= 0.6 is 0 Å². The number of benzene rings is 1. The summed E-state index contributed by atoms with van der Waals surface area (Å²) in [5, 5.41) is 5.27. The van der Waals surface area contributed by atoms with Crippen LogP contribution in [0.1, 0.15) is 6.42 Å². The number of rotatable bonds is 3. The number of hydrogen-bond donors (Lipinski definition) is 2. The number of pyridine rings is 1. The summed E-state index contributed by atoms with van der Waals surface area (Å²) in [5.41, 5.74) is 0.0733. The van der Waals surface area contributed by atoms with Gasteiger partial charge in [0.25, 0.3) is 0 Å². The summed E-state index contributed by atoms with van der Waals surface area (Å²) in [7, 11) is 0. The predicted octanol–water partition coefficient (Wildman–Crippen LogP) is 1.23. The molecule has 1 atom stereocenters. The van der Waals surface area contributed by atoms with Crippen molar-refractivity contribution in [2.75, 3.05) is 36.4 Å². The van der Waals surface area contributed by atoms with Gasteiger partial charge in [0.05, 0.1) is 12.1 Å². The van der Waals surface area contributed by atoms with Crippen LogP contribution in [0.5, 0.6) is 0 Å². The number of carbonyl (C=O) groups is 2. The van der Waals surface area contributed by atoms with E-state index in [1.807, 2.05) is 23.1 Å². The highest BCUT2D eigenvalue weighted by molar-refractivity contribution is 6.06. The summed E-state index contributed by atoms with van der Waals surface area (Å²) in [6, 6.07) is 10.8. The minimum atomic E-state index is -0.896. The number of hydrogen-bond acceptors (Lipinski definition) is 6. The number of aromatic nitrogens is 1. The maximum atomic E-state index is 13.8. The first-order valence-electron chi connectivity index (χ1n) is 9.44. The smallest absolute Gasteiger partial charge is 0.249 e. The van der Waals surface area contributed by atoms with Gasteiger partial charge in [-0.25, -0.2) is 14.4 Å². The van der Waals surface area contributed by atoms with Crippen LogP contribution in [0.4, 0.5) is 15.9 Å². The minimum Gasteiger partial charge on any atom is -0.353 e. The van der Waals surface area contributed by atoms with Crippen LogP contribution in [0.2, 0.25) is 0 Å². The summed E-state index contributed by atoms with van der Waals surface area (Å²) >= 11 is 0. The summed E-state index contributed by atoms with van der Waals surface area (Å²) in [6.07, 6.45) is 1.68. The Balaban J connectivity index is 1.42. The van der Waals surface area contributed by atoms with Gasteiger partial charge in [0.1, 0.15) is 17.7 Å². The SMILES string of the molecule is O=C1C[C@H](C(=O)Nc2ccccc2F)N=C(N2CCN(c3ccccn3)CC2)N1. The van der Waals surface area contributed by atoms with E-state index in [0.29, 0.717) is 19.0 Å². The number of piperazine rings is 1. The Morgan fingerprint density at radius 3 is 2.52 bits per heavy atom. The highest BCUT2D eigenvalue weighted by Crippen LogP contribution is 2.17. The molecule has 2 aliphatic rings. The van der Waals surface area contributed by atoms with E-state index in [4.69, 9.17) is 0 Å². The molecule has 1 aromatic carbocycles. The van der Waals surface area contributed by atoms with Gasteiger partial charge in [0, 0.05) is 32.4 Å². The van der Waals surface area contributed by atoms with Crippen LogP contribution in [-0.2, 0) is 9.59 Å². The monoisotopic (exact) mass is 396 g/mol. The van der Waals surface area contributed by atoms with Crippen LogP contribution < -0.4 is 15.5 Å². The Labute approximate surface area is 167 Å². The molecular weight excluding hydrogens is 375 g/mol. The topological polar surface area (TPSA) is 89.9 Å². The lowest BCUT2D eigenvalue weighted by Crippen LogP contribution is -2.56. The van der Waals surface area contributed by atoms with E-state index >= 15 is 0 Å². The molecule has 1 aromatic heterocycles. The minimum absolute atomic E-state index is 0.0717. The highest BCUT2D eigenvalue weighted by atomic mass is 19.1. The molecule has 1 fully saturated rings. The summed E-state index contributed by atoms with van der Waals surface area (Å²) in [5.74, 6) is -0.0270. The van der Waals surface area contributed by atoms with Crippen molar-refractivity contribution in [3.05, 3.63) is 54.5 Å². The Bertz CT molecular complexity index is 928. The number of aliphatic imine (C=N–C) groups is 1. The number of para-hydroxylation sites is 1. The van der Waals surface area contributed by atoms with Crippen LogP contribution in [0, 0.1) is 5.82 Å². The molecule has 2 aliphatic heterocycles. The fourth-order valence-corrected chi connectivity index (χ4v) is 3.36. The van der Waals surface area contributed by atoms with Crippen LogP contribution in [0.3, 0.4) is 0 Å². The maximum absolute atomic E-state index is 13.8. The molecule has 29 heavy (non-hydrogen) atoms. The molecule has 0 spiro atoms. The molecular formula is C20H21FN6O2. The van der Waals surface area contributed by atoms with Crippen molar-refractivity contribution in [2.24, 2.45) is 4.99 Å². The van der Waals surface area contributed by atoms with Crippen molar-refractivity contribution in [1.29, 1.82) is 0 Å². The third-order valence-electron chi connectivity index (χ3n) is 4.89. The Morgan fingerprint density at radius 2 is 1.79 bits per heavy atom. The van der Waals surface area contributed by atoms with Gasteiger partial charge >= 0.3 is 0 Å². The summed E-state index contributed by atoms with van der Waals surface area (Å²) < 4.78 is 13.8. The highest BCUT2D eigenvalue weighted by Gasteiger charge is 2.31. The quantitative estimate of drug-likeness (QED) is 0.815. The first-order valence-corrected chi connectivity index (χ1v) is 9.44. The van der Waals surface area contributed by atoms with Crippen LogP contribution in [0.25, 0.3) is 0 Å². The zero-order valence-corrected chi connectivity index (χ0v) is 15.7. The first kappa shape index (κ1) is 18.9. The van der Waals surface area contributed by atoms with Crippen molar-refractivity contribution in [3.8, 4) is 0 Å². The lowest BCUT2D eigenvalue weighted by molar-refractivity contribution is -0.125. The second-order valence-corrected chi connectivity index (χ2v) is 6.85. The van der Waals surface area contributed by atoms with Crippen LogP contribution in [-0.4, -0.2) is 59.9 Å². The number of nitrogens with zero attached hydrogens (tertiary/aromatic N) is 4. The fourth-order valence-electron chi connectivity index (χ4n) is 3.36. The van der Waals surface area contributed by atoms with Gasteiger partial charge in [-0.2, -0.15) is 0 Å². The van der Waals surface area contributed by atoms with Crippen molar-refractivity contribution >= 4 is 29.3 Å². The molecule has 0 radical (unpaired) electrons. The van der Waals surface area contributed by atoms with Crippen LogP contribution in [0.15, 0.2) is 53.7 Å². The number of guanidine groups is 1. The van der Waals surface area contributed by atoms with E-state index in [0.717, 1.165) is 18.9 Å². The van der Waals surface area contributed by atoms with E-state index in [-0.39, 0.29) is 18.0 Å². The van der Waals surface area contributed by atoms with Gasteiger partial charge in [-0.05, 0) is 24.3 Å². The molecule has 2 aromatic rings. The molecule has 2 N–H and O–H groups in total. The fraction of sp³-hybridized carbons (Fsp3) is 0.300. The van der Waals surface area contributed by atoms with Gasteiger partial charge in [0.15, 0.2) is 0 Å². The lowest BCUT2D eigenvalue weighted by atomic mass is 10.1. The summed E-state index contributed by atoms with van der Waals surface area (Å²) in [6.45, 7) is 2.71. The maximum Gasteiger partial charge on any atom is 0.249 e. The van der Waals surface area contributed by atoms with Gasteiger partial charge in [0.2, 0.25) is 17.8 Å². The molecule has 2 amide bonds. The zero-order valence-electron chi connectivity index (χ0n) is 15.7. The average molecular weight is 396 g/mol. The molecule has 0 bridgehead atoms. The largest absolute Gasteiger partial charge is 0.353 e. The molecule has 8 nitrogen and oxygen atoms in total. The van der Waals surface area contributed by atoms with Gasteiger partial charge in [-0.1, -0.05) is 18.2 Å². The molecule has 150 valence electrons. The van der Waals surface area contributed by atoms with Gasteiger partial charge in [-0.3, -0.25) is 14.9 Å². The lowest BCUT2D eigenvalue weighted by Gasteiger charge is -2.38. The Hall–Kier alpha value is -3.49. The molecule has 0 saturated carbocycles. The second-order valence-electron chi connectivity index (χ2n) is 6.85. The Kier molecular flexibility index (Phi) is 5.37. The standard InChI is InChI=1S/C20H21FN6O2/c21-14-5-1-2-6-15(14)23-19(29)16-13-18(28)25-20(24-16)27-11-9-26(10-12-27)17-7-3-4-8-22-17/h1-8,16H,9-13H2,(H,23,29)(H,24,25,28)/t16-/m1/s1. The third kappa shape index (κ3) is 4.34. The normalized spacial score (nSPS) is 19.4. The molecule has 4 rings (SSSR count). The van der Waals surface area contributed by atoms with E-state index in [1.54, 1.807) is 18.3 Å². The van der Waals surface area contributed by atoms with E-state index < -0.39 is 17.8 Å². The first-order chi connectivity index (χ1) is 14.1. The van der Waals surface area contributed by atoms with Crippen molar-refractivity contribution in [1.82, 2.24) is 15.2 Å². The molecule has 3 heterocycles. The summed E-state index contributed by atoms with van der Waals surface area (Å²) in [4.78, 5) is 37.6. The number of halogens is 1. The van der Waals surface area contributed by atoms with Crippen molar-refractivity contribution < 1.29 is 14.0 Å². The number of nitrogens with one attached hydrogen (secondary N) is 2. The molecule has 9 heteroatoms. The predicted molar refractivity (Wildman–Crippen MR) is 107 cm³/mol. The van der Waals surface area contributed by atoms with Gasteiger partial charge < -0.3 is 15.1 Å². The van der Waals surface area contributed by atoms with Gasteiger partial charge in [-0.15, -0.1) is 0 Å². The van der Waals surface area contributed by atoms with Crippen molar-refractivity contribution in [3.63, 3.8) is 0 Å². The third-order valence-corrected chi connectivity index (χ3v) is 4.89. The number of carbonyl (C=O) groups excluding carboxylic acids is 2. The van der Waals surface area contributed by atoms with Crippen molar-refractivity contribution in [2.45, 2.75) is 12.5 Å². The molecule has 1 saturated heterocycles. The van der Waals surface area contributed by atoms with E-state index in [2.05, 4.69) is 25.5 Å². The average Bonchev–Trinajstić information content (AvgIpc) is 2.75.